The van der Waals surface area contributed by atoms with E-state index in [0.29, 0.717) is 6.10 Å². The molecule has 0 aromatic carbocycles. The van der Waals surface area contributed by atoms with E-state index in [0.717, 1.165) is 32.0 Å². The van der Waals surface area contributed by atoms with Gasteiger partial charge in [0.15, 0.2) is 0 Å². The lowest BCUT2D eigenvalue weighted by atomic mass is 10.1. The smallest absolute Gasteiger partial charge is 0.0518 e. The molecule has 0 bridgehead atoms. The molecule has 0 aromatic heterocycles. The van der Waals surface area contributed by atoms with Crippen LogP contribution in [0.2, 0.25) is 0 Å². The van der Waals surface area contributed by atoms with Gasteiger partial charge in [-0.3, -0.25) is 0 Å². The number of hydrogen-bond acceptors (Lipinski definition) is 3. The van der Waals surface area contributed by atoms with Gasteiger partial charge in [-0.1, -0.05) is 12.8 Å². The van der Waals surface area contributed by atoms with Crippen LogP contribution in [0.25, 0.3) is 0 Å². The summed E-state index contributed by atoms with van der Waals surface area (Å²) in [5.74, 6) is 3.68. The zero-order chi connectivity index (χ0) is 12.3. The van der Waals surface area contributed by atoms with Crippen molar-refractivity contribution in [1.82, 2.24) is 5.32 Å². The minimum atomic E-state index is 0.372. The number of ether oxygens (including phenoxy) is 1. The molecule has 1 N–H and O–H groups in total. The largest absolute Gasteiger partial charge is 0.379 e. The Morgan fingerprint density at radius 2 is 2.00 bits per heavy atom. The van der Waals surface area contributed by atoms with E-state index in [1.807, 2.05) is 0 Å². The Balaban J connectivity index is 1.72. The van der Waals surface area contributed by atoms with Crippen molar-refractivity contribution in [3.8, 4) is 0 Å². The molecule has 0 heterocycles. The first-order valence-electron chi connectivity index (χ1n) is 7.19. The molecule has 17 heavy (non-hydrogen) atoms. The van der Waals surface area contributed by atoms with Crippen molar-refractivity contribution in [3.63, 3.8) is 0 Å². The second kappa shape index (κ2) is 10.2. The van der Waals surface area contributed by atoms with E-state index in [2.05, 4.69) is 30.9 Å². The molecule has 0 atom stereocenters. The summed E-state index contributed by atoms with van der Waals surface area (Å²) in [6, 6.07) is 0. The average Bonchev–Trinajstić information content (AvgIpc) is 2.79. The molecule has 0 unspecified atom stereocenters. The van der Waals surface area contributed by atoms with Crippen molar-refractivity contribution >= 4 is 11.8 Å². The molecular formula is C14H29NOS. The highest BCUT2D eigenvalue weighted by Gasteiger charge is 2.13. The molecule has 3 heteroatoms. The fourth-order valence-corrected chi connectivity index (χ4v) is 3.33. The zero-order valence-electron chi connectivity index (χ0n) is 11.5. The molecule has 1 saturated carbocycles. The molecule has 0 aromatic rings. The van der Waals surface area contributed by atoms with Crippen LogP contribution in [0.3, 0.4) is 0 Å². The lowest BCUT2D eigenvalue weighted by Crippen LogP contribution is -2.20. The third-order valence-corrected chi connectivity index (χ3v) is 4.40. The maximum Gasteiger partial charge on any atom is 0.0518 e. The fraction of sp³-hybridized carbons (Fsp3) is 1.00. The van der Waals surface area contributed by atoms with E-state index in [4.69, 9.17) is 4.74 Å². The molecule has 1 aliphatic carbocycles. The first-order valence-corrected chi connectivity index (χ1v) is 8.34. The van der Waals surface area contributed by atoms with Crippen molar-refractivity contribution in [2.45, 2.75) is 52.1 Å². The Bertz CT molecular complexity index is 170. The molecule has 0 radical (unpaired) electrons. The number of nitrogens with one attached hydrogen (secondary N) is 1. The van der Waals surface area contributed by atoms with E-state index < -0.39 is 0 Å². The van der Waals surface area contributed by atoms with E-state index in [-0.39, 0.29) is 0 Å². The molecule has 0 spiro atoms. The molecule has 0 saturated heterocycles. The number of rotatable bonds is 10. The topological polar surface area (TPSA) is 21.3 Å². The van der Waals surface area contributed by atoms with Gasteiger partial charge in [-0.25, -0.2) is 0 Å². The summed E-state index contributed by atoms with van der Waals surface area (Å²) in [5.41, 5.74) is 0. The standard InChI is InChI=1S/C14H29NOS/c1-13(2)16-10-5-8-15-9-11-17-12-14-6-3-4-7-14/h13-15H,3-12H2,1-2H3. The van der Waals surface area contributed by atoms with Gasteiger partial charge in [0.05, 0.1) is 6.10 Å². The van der Waals surface area contributed by atoms with Crippen LogP contribution in [-0.4, -0.2) is 37.3 Å². The monoisotopic (exact) mass is 259 g/mol. The predicted molar refractivity (Wildman–Crippen MR) is 77.9 cm³/mol. The van der Waals surface area contributed by atoms with Gasteiger partial charge >= 0.3 is 0 Å². The second-order valence-electron chi connectivity index (χ2n) is 5.25. The Morgan fingerprint density at radius 1 is 1.24 bits per heavy atom. The van der Waals surface area contributed by atoms with E-state index >= 15 is 0 Å². The summed E-state index contributed by atoms with van der Waals surface area (Å²) in [6.45, 7) is 7.32. The highest BCUT2D eigenvalue weighted by Crippen LogP contribution is 2.27. The summed E-state index contributed by atoms with van der Waals surface area (Å²) >= 11 is 2.13. The van der Waals surface area contributed by atoms with Gasteiger partial charge in [-0.15, -0.1) is 0 Å². The summed E-state index contributed by atoms with van der Waals surface area (Å²) in [7, 11) is 0. The van der Waals surface area contributed by atoms with Crippen LogP contribution >= 0.6 is 11.8 Å². The quantitative estimate of drug-likeness (QED) is 0.608. The van der Waals surface area contributed by atoms with Crippen LogP contribution in [-0.2, 0) is 4.74 Å². The lowest BCUT2D eigenvalue weighted by Gasteiger charge is -2.09. The van der Waals surface area contributed by atoms with Gasteiger partial charge in [0.1, 0.15) is 0 Å². The van der Waals surface area contributed by atoms with Gasteiger partial charge < -0.3 is 10.1 Å². The van der Waals surface area contributed by atoms with Gasteiger partial charge in [0.2, 0.25) is 0 Å². The Kier molecular flexibility index (Phi) is 9.21. The van der Waals surface area contributed by atoms with Crippen LogP contribution in [0.5, 0.6) is 0 Å². The van der Waals surface area contributed by atoms with Crippen LogP contribution in [0.1, 0.15) is 46.0 Å². The molecule has 1 fully saturated rings. The molecule has 1 rings (SSSR count). The minimum Gasteiger partial charge on any atom is -0.379 e. The van der Waals surface area contributed by atoms with Crippen molar-refractivity contribution in [2.75, 3.05) is 31.2 Å². The van der Waals surface area contributed by atoms with Gasteiger partial charge in [0.25, 0.3) is 0 Å². The summed E-state index contributed by atoms with van der Waals surface area (Å²) in [6.07, 6.45) is 7.40. The molecule has 1 aliphatic rings. The molecular weight excluding hydrogens is 230 g/mol. The molecule has 0 amide bonds. The third-order valence-electron chi connectivity index (χ3n) is 3.20. The van der Waals surface area contributed by atoms with E-state index in [9.17, 15) is 0 Å². The Morgan fingerprint density at radius 3 is 2.71 bits per heavy atom. The van der Waals surface area contributed by atoms with Gasteiger partial charge in [-0.05, 0) is 51.3 Å². The lowest BCUT2D eigenvalue weighted by molar-refractivity contribution is 0.0772. The SMILES string of the molecule is CC(C)OCCCNCCSCC1CCCC1. The van der Waals surface area contributed by atoms with Crippen molar-refractivity contribution in [2.24, 2.45) is 5.92 Å². The average molecular weight is 259 g/mol. The van der Waals surface area contributed by atoms with Crippen LogP contribution < -0.4 is 5.32 Å². The van der Waals surface area contributed by atoms with Crippen molar-refractivity contribution in [1.29, 1.82) is 0 Å². The van der Waals surface area contributed by atoms with E-state index in [1.165, 1.54) is 37.2 Å². The molecule has 2 nitrogen and oxygen atoms in total. The van der Waals surface area contributed by atoms with Crippen molar-refractivity contribution < 1.29 is 4.74 Å². The normalized spacial score (nSPS) is 17.1. The third kappa shape index (κ3) is 8.92. The Labute approximate surface area is 111 Å². The maximum atomic E-state index is 5.49. The van der Waals surface area contributed by atoms with Crippen LogP contribution in [0, 0.1) is 5.92 Å². The summed E-state index contributed by atoms with van der Waals surface area (Å²) in [5, 5.41) is 3.48. The summed E-state index contributed by atoms with van der Waals surface area (Å²) < 4.78 is 5.49. The second-order valence-corrected chi connectivity index (χ2v) is 6.40. The first kappa shape index (κ1) is 15.3. The fourth-order valence-electron chi connectivity index (χ4n) is 2.21. The van der Waals surface area contributed by atoms with Crippen LogP contribution in [0.4, 0.5) is 0 Å². The first-order chi connectivity index (χ1) is 8.29. The van der Waals surface area contributed by atoms with Crippen LogP contribution in [0.15, 0.2) is 0 Å². The highest BCUT2D eigenvalue weighted by molar-refractivity contribution is 7.99. The predicted octanol–water partition coefficient (Wildman–Crippen LogP) is 3.31. The molecule has 102 valence electrons. The Hall–Kier alpha value is 0.270. The number of hydrogen-bond donors (Lipinski definition) is 1. The highest BCUT2D eigenvalue weighted by atomic mass is 32.2. The van der Waals surface area contributed by atoms with Gasteiger partial charge in [-0.2, -0.15) is 11.8 Å². The minimum absolute atomic E-state index is 0.372. The van der Waals surface area contributed by atoms with Crippen molar-refractivity contribution in [3.05, 3.63) is 0 Å². The number of thioether (sulfide) groups is 1. The molecule has 0 aliphatic heterocycles. The van der Waals surface area contributed by atoms with Gasteiger partial charge in [0, 0.05) is 18.9 Å². The zero-order valence-corrected chi connectivity index (χ0v) is 12.4. The van der Waals surface area contributed by atoms with E-state index in [1.54, 1.807) is 0 Å². The maximum absolute atomic E-state index is 5.49. The summed E-state index contributed by atoms with van der Waals surface area (Å²) in [4.78, 5) is 0.